The predicted octanol–water partition coefficient (Wildman–Crippen LogP) is 6.19. The topological polar surface area (TPSA) is 0 Å². The molecule has 0 heterocycles. The van der Waals surface area contributed by atoms with Crippen LogP contribution in [0.3, 0.4) is 0 Å². The van der Waals surface area contributed by atoms with Crippen molar-refractivity contribution >= 4 is 18.2 Å². The molecule has 0 aliphatic heterocycles. The van der Waals surface area contributed by atoms with Gasteiger partial charge in [0.2, 0.25) is 0 Å². The van der Waals surface area contributed by atoms with Gasteiger partial charge in [0.1, 0.15) is 0 Å². The van der Waals surface area contributed by atoms with Crippen LogP contribution in [0.1, 0.15) is 49.9 Å². The van der Waals surface area contributed by atoms with Gasteiger partial charge in [0.05, 0.1) is 0 Å². The lowest BCUT2D eigenvalue weighted by Crippen LogP contribution is -2.10. The Morgan fingerprint density at radius 3 is 1.38 bits per heavy atom. The SMILES string of the molecule is C/C=C/c1ccc(/C=C/c2ccc(C(C)(C)C)cc2)cc1. The second-order valence-electron chi connectivity index (χ2n) is 6.37. The van der Waals surface area contributed by atoms with Crippen molar-refractivity contribution in [1.82, 2.24) is 0 Å². The van der Waals surface area contributed by atoms with Gasteiger partial charge in [0.25, 0.3) is 0 Å². The molecule has 0 unspecified atom stereocenters. The molecule has 2 aromatic carbocycles. The summed E-state index contributed by atoms with van der Waals surface area (Å²) in [6, 6.07) is 17.4. The van der Waals surface area contributed by atoms with Crippen LogP contribution >= 0.6 is 0 Å². The van der Waals surface area contributed by atoms with Gasteiger partial charge < -0.3 is 0 Å². The van der Waals surface area contributed by atoms with Crippen molar-refractivity contribution < 1.29 is 0 Å². The normalized spacial score (nSPS) is 12.4. The number of benzene rings is 2. The van der Waals surface area contributed by atoms with Crippen molar-refractivity contribution in [2.75, 3.05) is 0 Å². The highest BCUT2D eigenvalue weighted by Crippen LogP contribution is 2.22. The van der Waals surface area contributed by atoms with Crippen molar-refractivity contribution in [2.45, 2.75) is 33.1 Å². The maximum atomic E-state index is 2.24. The van der Waals surface area contributed by atoms with Gasteiger partial charge in [-0.25, -0.2) is 0 Å². The third-order valence-corrected chi connectivity index (χ3v) is 3.54. The molecule has 0 aromatic heterocycles. The van der Waals surface area contributed by atoms with Crippen molar-refractivity contribution in [3.8, 4) is 0 Å². The number of hydrogen-bond acceptors (Lipinski definition) is 0. The van der Waals surface area contributed by atoms with Crippen LogP contribution in [0.15, 0.2) is 54.6 Å². The first-order valence-corrected chi connectivity index (χ1v) is 7.50. The van der Waals surface area contributed by atoms with Crippen LogP contribution in [0.2, 0.25) is 0 Å². The van der Waals surface area contributed by atoms with Crippen molar-refractivity contribution in [3.63, 3.8) is 0 Å². The Morgan fingerprint density at radius 2 is 1.00 bits per heavy atom. The molecule has 0 spiro atoms. The van der Waals surface area contributed by atoms with Crippen LogP contribution < -0.4 is 0 Å². The summed E-state index contributed by atoms with van der Waals surface area (Å²) in [7, 11) is 0. The molecule has 0 aliphatic carbocycles. The van der Waals surface area contributed by atoms with Crippen LogP contribution in [0.25, 0.3) is 18.2 Å². The molecule has 0 nitrogen and oxygen atoms in total. The summed E-state index contributed by atoms with van der Waals surface area (Å²) in [6.07, 6.45) is 8.49. The van der Waals surface area contributed by atoms with Crippen LogP contribution in [0, 0.1) is 0 Å². The monoisotopic (exact) mass is 276 g/mol. The standard InChI is InChI=1S/C21H24/c1-5-6-17-7-9-18(10-8-17)11-12-19-13-15-20(16-14-19)21(2,3)4/h5-16H,1-4H3/b6-5+,12-11+. The molecule has 0 amide bonds. The second-order valence-corrected chi connectivity index (χ2v) is 6.37. The highest BCUT2D eigenvalue weighted by Gasteiger charge is 2.12. The fourth-order valence-electron chi connectivity index (χ4n) is 2.20. The van der Waals surface area contributed by atoms with E-state index in [1.54, 1.807) is 0 Å². The van der Waals surface area contributed by atoms with Gasteiger partial charge >= 0.3 is 0 Å². The summed E-state index contributed by atoms with van der Waals surface area (Å²) in [4.78, 5) is 0. The average molecular weight is 276 g/mol. The maximum absolute atomic E-state index is 2.24. The van der Waals surface area contributed by atoms with Gasteiger partial charge in [0, 0.05) is 0 Å². The van der Waals surface area contributed by atoms with Gasteiger partial charge in [-0.05, 0) is 34.6 Å². The molecule has 0 heteroatoms. The number of hydrogen-bond donors (Lipinski definition) is 0. The molecule has 0 fully saturated rings. The lowest BCUT2D eigenvalue weighted by atomic mass is 9.87. The highest BCUT2D eigenvalue weighted by atomic mass is 14.2. The van der Waals surface area contributed by atoms with E-state index in [-0.39, 0.29) is 5.41 Å². The predicted molar refractivity (Wildman–Crippen MR) is 95.2 cm³/mol. The van der Waals surface area contributed by atoms with E-state index in [9.17, 15) is 0 Å². The van der Waals surface area contributed by atoms with E-state index in [2.05, 4.69) is 93.6 Å². The Morgan fingerprint density at radius 1 is 0.619 bits per heavy atom. The van der Waals surface area contributed by atoms with E-state index in [1.165, 1.54) is 22.3 Å². The van der Waals surface area contributed by atoms with Gasteiger partial charge in [-0.1, -0.05) is 93.6 Å². The summed E-state index contributed by atoms with van der Waals surface area (Å²) in [5.41, 5.74) is 5.29. The summed E-state index contributed by atoms with van der Waals surface area (Å²) in [5.74, 6) is 0. The minimum atomic E-state index is 0.213. The smallest absolute Gasteiger partial charge is 0.0132 e. The zero-order chi connectivity index (χ0) is 15.3. The molecular formula is C21H24. The molecule has 2 aromatic rings. The van der Waals surface area contributed by atoms with E-state index in [4.69, 9.17) is 0 Å². The van der Waals surface area contributed by atoms with E-state index < -0.39 is 0 Å². The Kier molecular flexibility index (Phi) is 4.80. The molecule has 2 rings (SSSR count). The fraction of sp³-hybridized carbons (Fsp3) is 0.238. The molecule has 0 saturated heterocycles. The van der Waals surface area contributed by atoms with Crippen LogP contribution in [0.4, 0.5) is 0 Å². The Labute approximate surface area is 128 Å². The second kappa shape index (κ2) is 6.58. The van der Waals surface area contributed by atoms with E-state index in [0.717, 1.165) is 0 Å². The van der Waals surface area contributed by atoms with Crippen molar-refractivity contribution in [2.24, 2.45) is 0 Å². The molecule has 21 heavy (non-hydrogen) atoms. The highest BCUT2D eigenvalue weighted by molar-refractivity contribution is 5.70. The Bertz CT molecular complexity index is 617. The summed E-state index contributed by atoms with van der Waals surface area (Å²) >= 11 is 0. The van der Waals surface area contributed by atoms with Crippen molar-refractivity contribution in [1.29, 1.82) is 0 Å². The molecule has 0 radical (unpaired) electrons. The fourth-order valence-corrected chi connectivity index (χ4v) is 2.20. The summed E-state index contributed by atoms with van der Waals surface area (Å²) in [6.45, 7) is 8.76. The third-order valence-electron chi connectivity index (χ3n) is 3.54. The van der Waals surface area contributed by atoms with Crippen molar-refractivity contribution in [3.05, 3.63) is 76.9 Å². The Balaban J connectivity index is 2.10. The zero-order valence-electron chi connectivity index (χ0n) is 13.4. The van der Waals surface area contributed by atoms with E-state index in [0.29, 0.717) is 0 Å². The van der Waals surface area contributed by atoms with Gasteiger partial charge in [-0.2, -0.15) is 0 Å². The summed E-state index contributed by atoms with van der Waals surface area (Å²) in [5, 5.41) is 0. The van der Waals surface area contributed by atoms with E-state index in [1.807, 2.05) is 6.92 Å². The molecule has 0 N–H and O–H groups in total. The third kappa shape index (κ3) is 4.46. The van der Waals surface area contributed by atoms with Gasteiger partial charge in [0.15, 0.2) is 0 Å². The van der Waals surface area contributed by atoms with Crippen LogP contribution in [-0.4, -0.2) is 0 Å². The minimum absolute atomic E-state index is 0.213. The molecular weight excluding hydrogens is 252 g/mol. The first-order chi connectivity index (χ1) is 9.99. The molecule has 0 saturated carbocycles. The molecule has 0 atom stereocenters. The lowest BCUT2D eigenvalue weighted by molar-refractivity contribution is 0.590. The Hall–Kier alpha value is -2.08. The molecule has 0 aliphatic rings. The number of rotatable bonds is 3. The van der Waals surface area contributed by atoms with Gasteiger partial charge in [-0.3, -0.25) is 0 Å². The molecule has 0 bridgehead atoms. The number of allylic oxidation sites excluding steroid dienone is 1. The largest absolute Gasteiger partial charge is 0.0871 e. The van der Waals surface area contributed by atoms with E-state index >= 15 is 0 Å². The van der Waals surface area contributed by atoms with Crippen LogP contribution in [-0.2, 0) is 5.41 Å². The minimum Gasteiger partial charge on any atom is -0.0871 e. The zero-order valence-corrected chi connectivity index (χ0v) is 13.4. The maximum Gasteiger partial charge on any atom is -0.0132 e. The average Bonchev–Trinajstić information content (AvgIpc) is 2.46. The molecule has 108 valence electrons. The summed E-state index contributed by atoms with van der Waals surface area (Å²) < 4.78 is 0. The lowest BCUT2D eigenvalue weighted by Gasteiger charge is -2.18. The quantitative estimate of drug-likeness (QED) is 0.586. The first-order valence-electron chi connectivity index (χ1n) is 7.50. The first kappa shape index (κ1) is 15.3. The van der Waals surface area contributed by atoms with Gasteiger partial charge in [-0.15, -0.1) is 0 Å². The van der Waals surface area contributed by atoms with Crippen LogP contribution in [0.5, 0.6) is 0 Å².